The van der Waals surface area contributed by atoms with Gasteiger partial charge in [-0.2, -0.15) is 0 Å². The highest BCUT2D eigenvalue weighted by Gasteiger charge is 2.28. The first kappa shape index (κ1) is 16.7. The van der Waals surface area contributed by atoms with Gasteiger partial charge in [0.15, 0.2) is 0 Å². The molecule has 1 fully saturated rings. The first-order chi connectivity index (χ1) is 12.7. The molecule has 4 rings (SSSR count). The zero-order valence-corrected chi connectivity index (χ0v) is 14.8. The van der Waals surface area contributed by atoms with E-state index in [1.807, 2.05) is 29.1 Å². The second kappa shape index (κ2) is 7.25. The maximum Gasteiger partial charge on any atom is 0.229 e. The highest BCUT2D eigenvalue weighted by atomic mass is 32.1. The number of carbonyl (C=O) groups excluding carboxylic acids is 1. The van der Waals surface area contributed by atoms with Crippen LogP contribution in [0.4, 0.5) is 15.2 Å². The molecular weight excluding hydrogens is 353 g/mol. The van der Waals surface area contributed by atoms with Gasteiger partial charge >= 0.3 is 0 Å². The summed E-state index contributed by atoms with van der Waals surface area (Å²) < 4.78 is 15.2. The zero-order chi connectivity index (χ0) is 17.9. The highest BCUT2D eigenvalue weighted by Crippen LogP contribution is 2.28. The van der Waals surface area contributed by atoms with E-state index in [1.165, 1.54) is 23.5 Å². The fourth-order valence-corrected chi connectivity index (χ4v) is 3.93. The monoisotopic (exact) mass is 371 g/mol. The van der Waals surface area contributed by atoms with Crippen LogP contribution in [0.2, 0.25) is 0 Å². The molecule has 3 aromatic rings. The van der Waals surface area contributed by atoms with Crippen molar-refractivity contribution < 1.29 is 9.18 Å². The average molecular weight is 371 g/mol. The van der Waals surface area contributed by atoms with Gasteiger partial charge in [0.25, 0.3) is 0 Å². The van der Waals surface area contributed by atoms with E-state index in [4.69, 9.17) is 0 Å². The van der Waals surface area contributed by atoms with Crippen LogP contribution in [-0.2, 0) is 4.79 Å². The summed E-state index contributed by atoms with van der Waals surface area (Å²) in [4.78, 5) is 14.7. The Morgan fingerprint density at radius 2 is 2.00 bits per heavy atom. The Labute approximate surface area is 154 Å². The number of nitrogens with zero attached hydrogens (tertiary/aromatic N) is 4. The number of aromatic nitrogens is 3. The van der Waals surface area contributed by atoms with Gasteiger partial charge in [-0.25, -0.2) is 4.39 Å². The van der Waals surface area contributed by atoms with Gasteiger partial charge in [-0.3, -0.25) is 9.36 Å². The lowest BCUT2D eigenvalue weighted by Gasteiger charge is -2.31. The van der Waals surface area contributed by atoms with E-state index in [0.29, 0.717) is 12.2 Å². The Morgan fingerprint density at radius 3 is 2.81 bits per heavy atom. The lowest BCUT2D eigenvalue weighted by atomic mass is 9.97. The highest BCUT2D eigenvalue weighted by molar-refractivity contribution is 7.17. The molecule has 0 saturated carbocycles. The Hall–Kier alpha value is -2.74. The smallest absolute Gasteiger partial charge is 0.229 e. The number of piperidine rings is 1. The van der Waals surface area contributed by atoms with Crippen LogP contribution >= 0.6 is 11.3 Å². The number of hydrogen-bond donors (Lipinski definition) is 1. The van der Waals surface area contributed by atoms with Crippen molar-refractivity contribution in [3.05, 3.63) is 54.6 Å². The Bertz CT molecular complexity index is 895. The Morgan fingerprint density at radius 1 is 1.19 bits per heavy atom. The lowest BCUT2D eigenvalue weighted by molar-refractivity contribution is -0.120. The van der Waals surface area contributed by atoms with Crippen LogP contribution in [0.5, 0.6) is 0 Å². The molecule has 1 aliphatic rings. The minimum absolute atomic E-state index is 0.0875. The van der Waals surface area contributed by atoms with E-state index in [0.717, 1.165) is 29.6 Å². The predicted molar refractivity (Wildman–Crippen MR) is 99.2 cm³/mol. The van der Waals surface area contributed by atoms with E-state index in [-0.39, 0.29) is 17.6 Å². The molecule has 26 heavy (non-hydrogen) atoms. The number of benzene rings is 1. The molecule has 8 heteroatoms. The van der Waals surface area contributed by atoms with E-state index >= 15 is 0 Å². The second-order valence-electron chi connectivity index (χ2n) is 6.24. The topological polar surface area (TPSA) is 63.1 Å². The van der Waals surface area contributed by atoms with Gasteiger partial charge < -0.3 is 10.2 Å². The summed E-state index contributed by atoms with van der Waals surface area (Å²) in [5.41, 5.74) is 0.484. The van der Waals surface area contributed by atoms with Gasteiger partial charge in [0.1, 0.15) is 5.82 Å². The van der Waals surface area contributed by atoms with Crippen LogP contribution in [0.1, 0.15) is 12.8 Å². The van der Waals surface area contributed by atoms with Gasteiger partial charge in [-0.1, -0.05) is 17.4 Å². The number of anilines is 2. The average Bonchev–Trinajstić information content (AvgIpc) is 3.33. The minimum Gasteiger partial charge on any atom is -0.346 e. The summed E-state index contributed by atoms with van der Waals surface area (Å²) in [7, 11) is 0. The van der Waals surface area contributed by atoms with Crippen molar-refractivity contribution in [3.63, 3.8) is 0 Å². The Balaban J connectivity index is 1.43. The molecule has 3 heterocycles. The standard InChI is InChI=1S/C18H18FN5OS/c19-14-6-3-7-15(11-14)20-16(25)13-5-4-10-24(12-13)18-22-21-17(26-18)23-8-1-2-9-23/h1-3,6-9,11,13H,4-5,10,12H2,(H,20,25)/t13-/m0/s1. The van der Waals surface area contributed by atoms with Crippen molar-refractivity contribution in [2.75, 3.05) is 23.3 Å². The summed E-state index contributed by atoms with van der Waals surface area (Å²) in [6.07, 6.45) is 5.56. The maximum atomic E-state index is 13.3. The van der Waals surface area contributed by atoms with Crippen molar-refractivity contribution in [3.8, 4) is 5.13 Å². The molecule has 2 aromatic heterocycles. The molecule has 1 amide bonds. The summed E-state index contributed by atoms with van der Waals surface area (Å²) >= 11 is 1.50. The molecule has 1 saturated heterocycles. The molecule has 0 aliphatic carbocycles. The number of nitrogens with one attached hydrogen (secondary N) is 1. The predicted octanol–water partition coefficient (Wildman–Crippen LogP) is 3.32. The second-order valence-corrected chi connectivity index (χ2v) is 7.18. The number of rotatable bonds is 4. The van der Waals surface area contributed by atoms with Crippen LogP contribution in [0.15, 0.2) is 48.8 Å². The minimum atomic E-state index is -0.362. The van der Waals surface area contributed by atoms with Crippen LogP contribution in [0, 0.1) is 11.7 Å². The first-order valence-electron chi connectivity index (χ1n) is 8.47. The van der Waals surface area contributed by atoms with Crippen molar-refractivity contribution in [1.82, 2.24) is 14.8 Å². The molecule has 1 aromatic carbocycles. The van der Waals surface area contributed by atoms with Gasteiger partial charge in [0.2, 0.25) is 16.2 Å². The third kappa shape index (κ3) is 3.60. The molecule has 0 bridgehead atoms. The van der Waals surface area contributed by atoms with Crippen molar-refractivity contribution in [2.45, 2.75) is 12.8 Å². The van der Waals surface area contributed by atoms with Crippen LogP contribution < -0.4 is 10.2 Å². The maximum absolute atomic E-state index is 13.3. The third-order valence-corrected chi connectivity index (χ3v) is 5.38. The van der Waals surface area contributed by atoms with Gasteiger partial charge in [-0.05, 0) is 43.2 Å². The summed E-state index contributed by atoms with van der Waals surface area (Å²) in [6, 6.07) is 9.84. The third-order valence-electron chi connectivity index (χ3n) is 4.38. The fraction of sp³-hybridized carbons (Fsp3) is 0.278. The number of halogens is 1. The van der Waals surface area contributed by atoms with E-state index in [9.17, 15) is 9.18 Å². The van der Waals surface area contributed by atoms with E-state index in [1.54, 1.807) is 12.1 Å². The summed E-state index contributed by atoms with van der Waals surface area (Å²) in [6.45, 7) is 1.44. The van der Waals surface area contributed by atoms with Gasteiger partial charge in [0.05, 0.1) is 5.92 Å². The lowest BCUT2D eigenvalue weighted by Crippen LogP contribution is -2.40. The molecule has 0 radical (unpaired) electrons. The summed E-state index contributed by atoms with van der Waals surface area (Å²) in [5.74, 6) is -0.610. The van der Waals surface area contributed by atoms with Crippen molar-refractivity contribution in [2.24, 2.45) is 5.92 Å². The molecule has 134 valence electrons. The van der Waals surface area contributed by atoms with Crippen LogP contribution in [0.3, 0.4) is 0 Å². The summed E-state index contributed by atoms with van der Waals surface area (Å²) in [5, 5.41) is 12.9. The molecule has 1 aliphatic heterocycles. The quantitative estimate of drug-likeness (QED) is 0.764. The molecular formula is C18H18FN5OS. The fourth-order valence-electron chi connectivity index (χ4n) is 3.08. The van der Waals surface area contributed by atoms with E-state index < -0.39 is 0 Å². The number of carbonyl (C=O) groups is 1. The first-order valence-corrected chi connectivity index (χ1v) is 9.29. The molecule has 1 atom stereocenters. The Kier molecular flexibility index (Phi) is 4.66. The number of amides is 1. The normalized spacial score (nSPS) is 17.3. The molecule has 6 nitrogen and oxygen atoms in total. The number of hydrogen-bond acceptors (Lipinski definition) is 5. The largest absolute Gasteiger partial charge is 0.346 e. The molecule has 0 unspecified atom stereocenters. The van der Waals surface area contributed by atoms with Gasteiger partial charge in [0, 0.05) is 31.2 Å². The molecule has 0 spiro atoms. The zero-order valence-electron chi connectivity index (χ0n) is 14.0. The van der Waals surface area contributed by atoms with E-state index in [2.05, 4.69) is 20.4 Å². The van der Waals surface area contributed by atoms with Crippen LogP contribution in [0.25, 0.3) is 5.13 Å². The van der Waals surface area contributed by atoms with Gasteiger partial charge in [-0.15, -0.1) is 10.2 Å². The SMILES string of the molecule is O=C(Nc1cccc(F)c1)[C@H]1CCCN(c2nnc(-n3cccc3)s2)C1. The van der Waals surface area contributed by atoms with Crippen molar-refractivity contribution in [1.29, 1.82) is 0 Å². The molecule has 1 N–H and O–H groups in total. The van der Waals surface area contributed by atoms with Crippen LogP contribution in [-0.4, -0.2) is 33.8 Å². The van der Waals surface area contributed by atoms with Crippen molar-refractivity contribution >= 4 is 28.1 Å².